The van der Waals surface area contributed by atoms with Gasteiger partial charge in [0.2, 0.25) is 0 Å². The summed E-state index contributed by atoms with van der Waals surface area (Å²) in [4.78, 5) is 25.0. The van der Waals surface area contributed by atoms with Gasteiger partial charge in [0.25, 0.3) is 5.91 Å². The van der Waals surface area contributed by atoms with Crippen molar-refractivity contribution in [3.8, 4) is 0 Å². The van der Waals surface area contributed by atoms with E-state index in [9.17, 15) is 27.2 Å². The van der Waals surface area contributed by atoms with Crippen LogP contribution in [-0.4, -0.2) is 11.7 Å². The molecule has 27 heavy (non-hydrogen) atoms. The van der Waals surface area contributed by atoms with E-state index in [4.69, 9.17) is 0 Å². The zero-order valence-electron chi connectivity index (χ0n) is 15.1. The molecule has 0 aliphatic heterocycles. The van der Waals surface area contributed by atoms with Crippen LogP contribution in [0.15, 0.2) is 36.4 Å². The summed E-state index contributed by atoms with van der Waals surface area (Å²) in [5.41, 5.74) is -1.44. The number of carbonyl (C=O) groups excluding carboxylic acids is 2. The summed E-state index contributed by atoms with van der Waals surface area (Å²) in [6.45, 7) is 5.20. The molecule has 0 saturated carbocycles. The Morgan fingerprint density at radius 1 is 1.07 bits per heavy atom. The first kappa shape index (κ1) is 20.6. The van der Waals surface area contributed by atoms with Crippen LogP contribution in [0.2, 0.25) is 0 Å². The number of halogens is 4. The lowest BCUT2D eigenvalue weighted by atomic mass is 9.93. The first-order chi connectivity index (χ1) is 12.6. The average molecular weight is 381 g/mol. The predicted octanol–water partition coefficient (Wildman–Crippen LogP) is 5.50. The molecule has 2 aromatic rings. The van der Waals surface area contributed by atoms with E-state index in [-0.39, 0.29) is 23.0 Å². The number of hydrogen-bond donors (Lipinski definition) is 1. The van der Waals surface area contributed by atoms with Crippen LogP contribution >= 0.6 is 0 Å². The summed E-state index contributed by atoms with van der Waals surface area (Å²) >= 11 is 0. The Hall–Kier alpha value is -2.70. The number of benzene rings is 2. The van der Waals surface area contributed by atoms with Crippen molar-refractivity contribution in [2.24, 2.45) is 5.92 Å². The highest BCUT2D eigenvalue weighted by Gasteiger charge is 2.38. The van der Waals surface area contributed by atoms with Gasteiger partial charge in [-0.3, -0.25) is 9.59 Å². The first-order valence-corrected chi connectivity index (χ1v) is 8.41. The molecule has 0 aliphatic rings. The van der Waals surface area contributed by atoms with Crippen molar-refractivity contribution in [2.75, 3.05) is 5.32 Å². The Bertz CT molecular complexity index is 873. The SMILES string of the molecule is CCc1cccc(NC(=O)c2cccc(F)c2C(F)(F)F)c1C(=O)C(C)C. The second-order valence-corrected chi connectivity index (χ2v) is 6.33. The number of alkyl halides is 3. The lowest BCUT2D eigenvalue weighted by Crippen LogP contribution is -2.22. The topological polar surface area (TPSA) is 46.2 Å². The monoisotopic (exact) mass is 381 g/mol. The highest BCUT2D eigenvalue weighted by molar-refractivity contribution is 6.11. The molecule has 0 fully saturated rings. The number of Topliss-reactive ketones (excluding diaryl/α,β-unsaturated/α-hetero) is 1. The zero-order chi connectivity index (χ0) is 20.4. The van der Waals surface area contributed by atoms with E-state index in [0.29, 0.717) is 18.1 Å². The second-order valence-electron chi connectivity index (χ2n) is 6.33. The molecular weight excluding hydrogens is 362 g/mol. The van der Waals surface area contributed by atoms with Gasteiger partial charge in [0.1, 0.15) is 11.4 Å². The third kappa shape index (κ3) is 4.35. The van der Waals surface area contributed by atoms with Crippen LogP contribution in [0.5, 0.6) is 0 Å². The van der Waals surface area contributed by atoms with Crippen molar-refractivity contribution in [3.05, 3.63) is 64.5 Å². The number of hydrogen-bond acceptors (Lipinski definition) is 2. The molecule has 0 spiro atoms. The van der Waals surface area contributed by atoms with Crippen LogP contribution in [0, 0.1) is 11.7 Å². The van der Waals surface area contributed by atoms with Crippen LogP contribution in [0.3, 0.4) is 0 Å². The maximum absolute atomic E-state index is 13.7. The number of ketones is 1. The molecule has 0 bridgehead atoms. The Morgan fingerprint density at radius 3 is 2.26 bits per heavy atom. The van der Waals surface area contributed by atoms with Crippen LogP contribution in [0.25, 0.3) is 0 Å². The van der Waals surface area contributed by atoms with Gasteiger partial charge in [0, 0.05) is 11.5 Å². The number of rotatable bonds is 5. The minimum Gasteiger partial charge on any atom is -0.321 e. The van der Waals surface area contributed by atoms with E-state index in [1.165, 1.54) is 6.07 Å². The average Bonchev–Trinajstić information content (AvgIpc) is 2.59. The number of aryl methyl sites for hydroxylation is 1. The Kier molecular flexibility index (Phi) is 6.03. The molecular formula is C20H19F4NO2. The smallest absolute Gasteiger partial charge is 0.321 e. The summed E-state index contributed by atoms with van der Waals surface area (Å²) in [6, 6.07) is 7.33. The van der Waals surface area contributed by atoms with Crippen molar-refractivity contribution in [3.63, 3.8) is 0 Å². The fourth-order valence-electron chi connectivity index (χ4n) is 2.77. The summed E-state index contributed by atoms with van der Waals surface area (Å²) in [6.07, 6.45) is -4.52. The molecule has 3 nitrogen and oxygen atoms in total. The number of nitrogens with one attached hydrogen (secondary N) is 1. The zero-order valence-corrected chi connectivity index (χ0v) is 15.1. The van der Waals surface area contributed by atoms with Gasteiger partial charge in [-0.15, -0.1) is 0 Å². The molecule has 0 heterocycles. The van der Waals surface area contributed by atoms with Gasteiger partial charge in [0.05, 0.1) is 11.3 Å². The largest absolute Gasteiger partial charge is 0.420 e. The van der Waals surface area contributed by atoms with Crippen molar-refractivity contribution in [1.82, 2.24) is 0 Å². The summed E-state index contributed by atoms with van der Waals surface area (Å²) in [7, 11) is 0. The standard InChI is InChI=1S/C20H19F4NO2/c1-4-12-7-5-10-15(16(12)18(26)11(2)3)25-19(27)13-8-6-9-14(21)17(13)20(22,23)24/h5-11H,4H2,1-3H3,(H,25,27). The van der Waals surface area contributed by atoms with Gasteiger partial charge in [0.15, 0.2) is 5.78 Å². The van der Waals surface area contributed by atoms with Gasteiger partial charge in [-0.1, -0.05) is 39.0 Å². The lowest BCUT2D eigenvalue weighted by molar-refractivity contribution is -0.140. The molecule has 0 aromatic heterocycles. The van der Waals surface area contributed by atoms with E-state index < -0.39 is 29.0 Å². The number of anilines is 1. The van der Waals surface area contributed by atoms with Crippen molar-refractivity contribution in [2.45, 2.75) is 33.4 Å². The van der Waals surface area contributed by atoms with E-state index in [0.717, 1.165) is 12.1 Å². The normalized spacial score (nSPS) is 11.6. The second kappa shape index (κ2) is 7.90. The van der Waals surface area contributed by atoms with Crippen molar-refractivity contribution in [1.29, 1.82) is 0 Å². The summed E-state index contributed by atoms with van der Waals surface area (Å²) in [5.74, 6) is -3.27. The molecule has 7 heteroatoms. The van der Waals surface area contributed by atoms with E-state index in [1.807, 2.05) is 6.92 Å². The van der Waals surface area contributed by atoms with Gasteiger partial charge in [-0.2, -0.15) is 13.2 Å². The molecule has 0 unspecified atom stereocenters. The molecule has 0 radical (unpaired) electrons. The quantitative estimate of drug-likeness (QED) is 0.549. The van der Waals surface area contributed by atoms with Crippen LogP contribution in [0.1, 0.15) is 52.6 Å². The number of amides is 1. The van der Waals surface area contributed by atoms with Crippen molar-refractivity contribution < 1.29 is 27.2 Å². The maximum atomic E-state index is 13.7. The van der Waals surface area contributed by atoms with Gasteiger partial charge < -0.3 is 5.32 Å². The Balaban J connectivity index is 2.52. The van der Waals surface area contributed by atoms with Crippen LogP contribution in [-0.2, 0) is 12.6 Å². The molecule has 0 saturated heterocycles. The molecule has 1 N–H and O–H groups in total. The van der Waals surface area contributed by atoms with Gasteiger partial charge in [-0.05, 0) is 30.2 Å². The lowest BCUT2D eigenvalue weighted by Gasteiger charge is -2.17. The minimum atomic E-state index is -5.03. The summed E-state index contributed by atoms with van der Waals surface area (Å²) < 4.78 is 53.2. The Labute approximate surface area is 154 Å². The van der Waals surface area contributed by atoms with E-state index in [2.05, 4.69) is 5.32 Å². The molecule has 144 valence electrons. The van der Waals surface area contributed by atoms with E-state index in [1.54, 1.807) is 26.0 Å². The third-order valence-electron chi connectivity index (χ3n) is 4.09. The fraction of sp³-hybridized carbons (Fsp3) is 0.300. The summed E-state index contributed by atoms with van der Waals surface area (Å²) in [5, 5.41) is 2.35. The Morgan fingerprint density at radius 2 is 1.70 bits per heavy atom. The molecule has 2 aromatic carbocycles. The molecule has 2 rings (SSSR count). The predicted molar refractivity (Wildman–Crippen MR) is 94.3 cm³/mol. The van der Waals surface area contributed by atoms with Crippen molar-refractivity contribution >= 4 is 17.4 Å². The maximum Gasteiger partial charge on any atom is 0.420 e. The first-order valence-electron chi connectivity index (χ1n) is 8.41. The third-order valence-corrected chi connectivity index (χ3v) is 4.09. The van der Waals surface area contributed by atoms with Gasteiger partial charge in [-0.25, -0.2) is 4.39 Å². The highest BCUT2D eigenvalue weighted by atomic mass is 19.4. The van der Waals surface area contributed by atoms with E-state index >= 15 is 0 Å². The molecule has 0 atom stereocenters. The molecule has 0 aliphatic carbocycles. The fourth-order valence-corrected chi connectivity index (χ4v) is 2.77. The van der Waals surface area contributed by atoms with Gasteiger partial charge >= 0.3 is 6.18 Å². The highest BCUT2D eigenvalue weighted by Crippen LogP contribution is 2.34. The molecule has 1 amide bonds. The van der Waals surface area contributed by atoms with Crippen LogP contribution in [0.4, 0.5) is 23.2 Å². The number of carbonyl (C=O) groups is 2. The minimum absolute atomic E-state index is 0.107. The van der Waals surface area contributed by atoms with Crippen LogP contribution < -0.4 is 5.32 Å².